The largest absolute Gasteiger partial charge is 0.477 e. The van der Waals surface area contributed by atoms with Crippen molar-refractivity contribution in [2.24, 2.45) is 17.6 Å². The lowest BCUT2D eigenvalue weighted by Crippen LogP contribution is -2.63. The standard InChI is InChI=1S/C20H31N5O4S/c1-8-15-14(9(2)26)18(27)25(15)16(19(28)29)17(8)30-13-6-12(7-13)23-10-3-4-11(5-10)24-20(21)22/h8-15,23,26H,3-7H2,1-2H3,(H,28,29)(H4,21,22,24)/t8-,9-,10-,11+,12?,13?,14-,15-/m1/s1. The van der Waals surface area contributed by atoms with E-state index in [9.17, 15) is 19.8 Å². The molecule has 0 bridgehead atoms. The second-order valence-electron chi connectivity index (χ2n) is 9.11. The van der Waals surface area contributed by atoms with Crippen molar-refractivity contribution in [1.29, 1.82) is 5.41 Å². The Bertz CT molecular complexity index is 781. The van der Waals surface area contributed by atoms with Crippen molar-refractivity contribution in [1.82, 2.24) is 15.5 Å². The number of aliphatic carboxylic acids is 1. The summed E-state index contributed by atoms with van der Waals surface area (Å²) in [5.41, 5.74) is 5.53. The number of carboxylic acids is 1. The van der Waals surface area contributed by atoms with Crippen LogP contribution in [0.3, 0.4) is 0 Å². The number of guanidine groups is 1. The number of carbonyl (C=O) groups excluding carboxylic acids is 1. The fraction of sp³-hybridized carbons (Fsp3) is 0.750. The molecule has 0 aromatic carbocycles. The third kappa shape index (κ3) is 3.69. The molecule has 2 heterocycles. The average Bonchev–Trinajstić information content (AvgIpc) is 3.13. The van der Waals surface area contributed by atoms with Crippen LogP contribution in [0.15, 0.2) is 10.6 Å². The van der Waals surface area contributed by atoms with Crippen LogP contribution in [0.1, 0.15) is 46.0 Å². The molecule has 2 aliphatic carbocycles. The Morgan fingerprint density at radius 2 is 1.93 bits per heavy atom. The van der Waals surface area contributed by atoms with Gasteiger partial charge in [-0.1, -0.05) is 6.92 Å². The summed E-state index contributed by atoms with van der Waals surface area (Å²) in [4.78, 5) is 26.5. The summed E-state index contributed by atoms with van der Waals surface area (Å²) < 4.78 is 0. The molecular weight excluding hydrogens is 406 g/mol. The van der Waals surface area contributed by atoms with Gasteiger partial charge in [0.25, 0.3) is 0 Å². The highest BCUT2D eigenvalue weighted by Crippen LogP contribution is 2.53. The normalized spacial score (nSPS) is 38.7. The van der Waals surface area contributed by atoms with E-state index in [-0.39, 0.29) is 35.6 Å². The van der Waals surface area contributed by atoms with Crippen molar-refractivity contribution in [2.45, 2.75) is 81.5 Å². The maximum atomic E-state index is 12.4. The van der Waals surface area contributed by atoms with Crippen molar-refractivity contribution < 1.29 is 19.8 Å². The molecule has 0 aromatic rings. The van der Waals surface area contributed by atoms with E-state index in [0.29, 0.717) is 17.3 Å². The number of nitrogens with one attached hydrogen (secondary N) is 3. The Labute approximate surface area is 180 Å². The monoisotopic (exact) mass is 437 g/mol. The maximum absolute atomic E-state index is 12.4. The summed E-state index contributed by atoms with van der Waals surface area (Å²) in [5.74, 6) is -1.90. The molecule has 3 fully saturated rings. The third-order valence-electron chi connectivity index (χ3n) is 6.96. The molecule has 9 nitrogen and oxygen atoms in total. The fourth-order valence-electron chi connectivity index (χ4n) is 5.47. The number of rotatable bonds is 7. The number of thioether (sulfide) groups is 1. The molecule has 6 atom stereocenters. The summed E-state index contributed by atoms with van der Waals surface area (Å²) >= 11 is 1.60. The number of hydrogen-bond acceptors (Lipinski definition) is 6. The van der Waals surface area contributed by atoms with Gasteiger partial charge >= 0.3 is 5.97 Å². The lowest BCUT2D eigenvalue weighted by Gasteiger charge is -2.46. The highest BCUT2D eigenvalue weighted by atomic mass is 32.2. The topological polar surface area (TPSA) is 152 Å². The maximum Gasteiger partial charge on any atom is 0.353 e. The van der Waals surface area contributed by atoms with E-state index in [2.05, 4.69) is 10.6 Å². The molecule has 4 rings (SSSR count). The number of aliphatic hydroxyl groups excluding tert-OH is 1. The number of β-lactam (4-membered cyclic amide) rings is 1. The van der Waals surface area contributed by atoms with Crippen molar-refractivity contribution >= 4 is 29.6 Å². The van der Waals surface area contributed by atoms with Crippen LogP contribution in [-0.4, -0.2) is 68.5 Å². The zero-order valence-corrected chi connectivity index (χ0v) is 18.1. The summed E-state index contributed by atoms with van der Waals surface area (Å²) in [6, 6.07) is 0.850. The SMILES string of the molecule is C[C@@H](O)[C@H]1C(=O)N2C(C(=O)O)=C(SC3CC(N[C@@H]4CC[C@H](NC(=N)N)C4)C3)[C@H](C)[C@H]12. The number of amides is 1. The molecule has 30 heavy (non-hydrogen) atoms. The second-order valence-corrected chi connectivity index (χ2v) is 10.5. The van der Waals surface area contributed by atoms with E-state index < -0.39 is 18.0 Å². The van der Waals surface area contributed by atoms with E-state index in [4.69, 9.17) is 11.1 Å². The molecule has 0 spiro atoms. The van der Waals surface area contributed by atoms with E-state index in [1.54, 1.807) is 18.7 Å². The van der Waals surface area contributed by atoms with E-state index in [0.717, 1.165) is 37.0 Å². The summed E-state index contributed by atoms with van der Waals surface area (Å²) in [5, 5.41) is 34.0. The molecule has 7 N–H and O–H groups in total. The molecule has 4 aliphatic rings. The van der Waals surface area contributed by atoms with Crippen LogP contribution in [0.5, 0.6) is 0 Å². The molecule has 10 heteroatoms. The summed E-state index contributed by atoms with van der Waals surface area (Å²) in [6.07, 6.45) is 4.18. The molecule has 166 valence electrons. The van der Waals surface area contributed by atoms with Crippen molar-refractivity contribution in [3.8, 4) is 0 Å². The van der Waals surface area contributed by atoms with Gasteiger partial charge in [0.05, 0.1) is 18.1 Å². The summed E-state index contributed by atoms with van der Waals surface area (Å²) in [6.45, 7) is 3.56. The van der Waals surface area contributed by atoms with Gasteiger partial charge in [-0.25, -0.2) is 4.79 Å². The van der Waals surface area contributed by atoms with Gasteiger partial charge in [0.2, 0.25) is 5.91 Å². The lowest BCUT2D eigenvalue weighted by atomic mass is 9.79. The van der Waals surface area contributed by atoms with Gasteiger partial charge in [0, 0.05) is 34.2 Å². The zero-order valence-electron chi connectivity index (χ0n) is 17.3. The van der Waals surface area contributed by atoms with Crippen LogP contribution in [0, 0.1) is 17.2 Å². The Morgan fingerprint density at radius 3 is 2.53 bits per heavy atom. The van der Waals surface area contributed by atoms with Gasteiger partial charge in [-0.2, -0.15) is 0 Å². The highest BCUT2D eigenvalue weighted by molar-refractivity contribution is 8.03. The molecule has 2 saturated carbocycles. The number of carbonyl (C=O) groups is 2. The Morgan fingerprint density at radius 1 is 1.27 bits per heavy atom. The highest BCUT2D eigenvalue weighted by Gasteiger charge is 2.60. The first-order valence-corrected chi connectivity index (χ1v) is 11.6. The van der Waals surface area contributed by atoms with E-state index in [1.165, 1.54) is 4.90 Å². The van der Waals surface area contributed by atoms with Crippen molar-refractivity contribution in [3.05, 3.63) is 10.6 Å². The Hall–Kier alpha value is -1.78. The van der Waals surface area contributed by atoms with Gasteiger partial charge < -0.3 is 31.5 Å². The second kappa shape index (κ2) is 8.05. The smallest absolute Gasteiger partial charge is 0.353 e. The quantitative estimate of drug-likeness (QED) is 0.190. The minimum atomic E-state index is -1.06. The first kappa shape index (κ1) is 21.5. The van der Waals surface area contributed by atoms with Crippen LogP contribution in [-0.2, 0) is 9.59 Å². The molecule has 1 amide bonds. The molecule has 0 aromatic heterocycles. The summed E-state index contributed by atoms with van der Waals surface area (Å²) in [7, 11) is 0. The first-order chi connectivity index (χ1) is 14.2. The van der Waals surface area contributed by atoms with Gasteiger partial charge in [0.1, 0.15) is 5.70 Å². The van der Waals surface area contributed by atoms with Crippen LogP contribution >= 0.6 is 11.8 Å². The molecule has 0 unspecified atom stereocenters. The van der Waals surface area contributed by atoms with Crippen LogP contribution < -0.4 is 16.4 Å². The number of hydrogen-bond donors (Lipinski definition) is 6. The van der Waals surface area contributed by atoms with Gasteiger partial charge in [-0.15, -0.1) is 11.8 Å². The minimum absolute atomic E-state index is 0.0231. The van der Waals surface area contributed by atoms with Crippen LogP contribution in [0.4, 0.5) is 0 Å². The third-order valence-corrected chi connectivity index (χ3v) is 8.50. The predicted molar refractivity (Wildman–Crippen MR) is 114 cm³/mol. The Balaban J connectivity index is 1.32. The molecule has 1 saturated heterocycles. The van der Waals surface area contributed by atoms with Crippen LogP contribution in [0.25, 0.3) is 0 Å². The zero-order chi connectivity index (χ0) is 21.7. The van der Waals surface area contributed by atoms with E-state index in [1.807, 2.05) is 6.92 Å². The average molecular weight is 438 g/mol. The van der Waals surface area contributed by atoms with Crippen LogP contribution in [0.2, 0.25) is 0 Å². The first-order valence-electron chi connectivity index (χ1n) is 10.7. The number of nitrogens with zero attached hydrogens (tertiary/aromatic N) is 1. The Kier molecular flexibility index (Phi) is 5.75. The fourth-order valence-corrected chi connectivity index (χ4v) is 7.14. The number of nitrogens with two attached hydrogens (primary N) is 1. The minimum Gasteiger partial charge on any atom is -0.477 e. The van der Waals surface area contributed by atoms with Gasteiger partial charge in [-0.05, 0) is 39.0 Å². The lowest BCUT2D eigenvalue weighted by molar-refractivity contribution is -0.163. The van der Waals surface area contributed by atoms with Crippen molar-refractivity contribution in [3.63, 3.8) is 0 Å². The number of carboxylic acid groups (broad SMARTS) is 1. The predicted octanol–water partition coefficient (Wildman–Crippen LogP) is 0.398. The molecular formula is C20H31N5O4S. The molecule has 2 aliphatic heterocycles. The van der Waals surface area contributed by atoms with Gasteiger partial charge in [-0.3, -0.25) is 10.2 Å². The molecule has 0 radical (unpaired) electrons. The van der Waals surface area contributed by atoms with E-state index >= 15 is 0 Å². The number of fused-ring (bicyclic) bond motifs is 1. The van der Waals surface area contributed by atoms with Gasteiger partial charge in [0.15, 0.2) is 5.96 Å². The van der Waals surface area contributed by atoms with Crippen molar-refractivity contribution in [2.75, 3.05) is 0 Å². The number of aliphatic hydroxyl groups is 1.